The molecule has 5 nitrogen and oxygen atoms in total. The highest BCUT2D eigenvalue weighted by atomic mass is 32.2. The van der Waals surface area contributed by atoms with Gasteiger partial charge in [-0.1, -0.05) is 25.7 Å². The van der Waals surface area contributed by atoms with Gasteiger partial charge in [-0.05, 0) is 43.0 Å². The van der Waals surface area contributed by atoms with Crippen LogP contribution in [-0.2, 0) is 21.2 Å². The first-order valence-electron chi connectivity index (χ1n) is 8.00. The van der Waals surface area contributed by atoms with Gasteiger partial charge in [-0.25, -0.2) is 13.1 Å². The Hall–Kier alpha value is -1.40. The first-order valence-corrected chi connectivity index (χ1v) is 9.48. The molecule has 2 aliphatic rings. The normalized spacial score (nSPS) is 20.1. The monoisotopic (exact) mass is 322 g/mol. The van der Waals surface area contributed by atoms with Gasteiger partial charge < -0.3 is 5.32 Å². The Morgan fingerprint density at radius 1 is 1.05 bits per heavy atom. The lowest BCUT2D eigenvalue weighted by molar-refractivity contribution is -0.116. The average molecular weight is 322 g/mol. The predicted molar refractivity (Wildman–Crippen MR) is 85.2 cm³/mol. The molecule has 2 N–H and O–H groups in total. The number of benzene rings is 1. The number of carbonyl (C=O) groups is 1. The van der Waals surface area contributed by atoms with E-state index in [0.29, 0.717) is 17.7 Å². The van der Waals surface area contributed by atoms with Crippen LogP contribution in [0.15, 0.2) is 23.1 Å². The molecule has 6 heteroatoms. The molecule has 1 saturated carbocycles. The van der Waals surface area contributed by atoms with Gasteiger partial charge in [0.25, 0.3) is 0 Å². The molecule has 1 amide bonds. The molecule has 0 atom stereocenters. The van der Waals surface area contributed by atoms with Crippen molar-refractivity contribution in [3.05, 3.63) is 23.8 Å². The molecule has 0 saturated heterocycles. The van der Waals surface area contributed by atoms with E-state index in [1.807, 2.05) is 0 Å². The van der Waals surface area contributed by atoms with Crippen molar-refractivity contribution >= 4 is 21.6 Å². The van der Waals surface area contributed by atoms with Gasteiger partial charge in [0.1, 0.15) is 0 Å². The Morgan fingerprint density at radius 3 is 2.50 bits per heavy atom. The fourth-order valence-corrected chi connectivity index (χ4v) is 4.57. The minimum atomic E-state index is -3.49. The van der Waals surface area contributed by atoms with Gasteiger partial charge in [-0.15, -0.1) is 0 Å². The molecule has 1 aromatic carbocycles. The molecule has 1 aliphatic carbocycles. The average Bonchev–Trinajstić information content (AvgIpc) is 2.74. The molecule has 1 aliphatic heterocycles. The standard InChI is InChI=1S/C16H22N2O3S/c19-16-10-7-12-11-14(8-9-15(12)17-16)22(20,21)18-13-5-3-1-2-4-6-13/h8-9,11,13,18H,1-7,10H2,(H,17,19). The summed E-state index contributed by atoms with van der Waals surface area (Å²) in [5, 5.41) is 2.77. The van der Waals surface area contributed by atoms with Gasteiger partial charge in [-0.2, -0.15) is 0 Å². The summed E-state index contributed by atoms with van der Waals surface area (Å²) in [6, 6.07) is 4.99. The third-order valence-electron chi connectivity index (χ3n) is 4.46. The molecule has 1 fully saturated rings. The Balaban J connectivity index is 1.78. The third kappa shape index (κ3) is 3.50. The van der Waals surface area contributed by atoms with Crippen molar-refractivity contribution in [1.29, 1.82) is 0 Å². The summed E-state index contributed by atoms with van der Waals surface area (Å²) in [6.07, 6.45) is 7.39. The van der Waals surface area contributed by atoms with Crippen LogP contribution in [-0.4, -0.2) is 20.4 Å². The molecule has 1 heterocycles. The number of fused-ring (bicyclic) bond motifs is 1. The quantitative estimate of drug-likeness (QED) is 0.840. The van der Waals surface area contributed by atoms with Crippen LogP contribution in [0, 0.1) is 0 Å². The summed E-state index contributed by atoms with van der Waals surface area (Å²) in [5.41, 5.74) is 1.62. The maximum atomic E-state index is 12.6. The van der Waals surface area contributed by atoms with Crippen molar-refractivity contribution in [2.75, 3.05) is 5.32 Å². The number of hydrogen-bond acceptors (Lipinski definition) is 3. The number of sulfonamides is 1. The van der Waals surface area contributed by atoms with Crippen LogP contribution in [0.4, 0.5) is 5.69 Å². The van der Waals surface area contributed by atoms with E-state index in [1.165, 1.54) is 12.8 Å². The Bertz CT molecular complexity index is 662. The highest BCUT2D eigenvalue weighted by molar-refractivity contribution is 7.89. The fourth-order valence-electron chi connectivity index (χ4n) is 3.21. The van der Waals surface area contributed by atoms with Crippen LogP contribution in [0.2, 0.25) is 0 Å². The number of anilines is 1. The lowest BCUT2D eigenvalue weighted by Crippen LogP contribution is -2.34. The molecular formula is C16H22N2O3S. The minimum Gasteiger partial charge on any atom is -0.326 e. The highest BCUT2D eigenvalue weighted by Crippen LogP contribution is 2.26. The van der Waals surface area contributed by atoms with Crippen LogP contribution in [0.3, 0.4) is 0 Å². The van der Waals surface area contributed by atoms with E-state index in [0.717, 1.165) is 36.9 Å². The summed E-state index contributed by atoms with van der Waals surface area (Å²) in [7, 11) is -3.49. The topological polar surface area (TPSA) is 75.3 Å². The zero-order valence-electron chi connectivity index (χ0n) is 12.6. The van der Waals surface area contributed by atoms with Crippen LogP contribution in [0.1, 0.15) is 50.5 Å². The summed E-state index contributed by atoms with van der Waals surface area (Å²) in [4.78, 5) is 11.7. The lowest BCUT2D eigenvalue weighted by Gasteiger charge is -2.19. The Labute approximate surface area is 131 Å². The fraction of sp³-hybridized carbons (Fsp3) is 0.562. The first kappa shape index (κ1) is 15.5. The summed E-state index contributed by atoms with van der Waals surface area (Å²) < 4.78 is 28.0. The molecular weight excluding hydrogens is 300 g/mol. The van der Waals surface area contributed by atoms with Crippen LogP contribution in [0.25, 0.3) is 0 Å². The van der Waals surface area contributed by atoms with Crippen LogP contribution >= 0.6 is 0 Å². The van der Waals surface area contributed by atoms with Crippen molar-refractivity contribution in [2.24, 2.45) is 0 Å². The van der Waals surface area contributed by atoms with E-state index in [4.69, 9.17) is 0 Å². The van der Waals surface area contributed by atoms with Gasteiger partial charge in [-0.3, -0.25) is 4.79 Å². The van der Waals surface area contributed by atoms with Gasteiger partial charge in [0.2, 0.25) is 15.9 Å². The number of amides is 1. The number of rotatable bonds is 3. The largest absolute Gasteiger partial charge is 0.326 e. The number of aryl methyl sites for hydroxylation is 1. The Morgan fingerprint density at radius 2 is 1.77 bits per heavy atom. The zero-order valence-corrected chi connectivity index (χ0v) is 13.4. The van der Waals surface area contributed by atoms with Gasteiger partial charge >= 0.3 is 0 Å². The summed E-state index contributed by atoms with van der Waals surface area (Å²) in [6.45, 7) is 0. The van der Waals surface area contributed by atoms with E-state index in [1.54, 1.807) is 18.2 Å². The van der Waals surface area contributed by atoms with Crippen molar-refractivity contribution in [3.8, 4) is 0 Å². The van der Waals surface area contributed by atoms with E-state index < -0.39 is 10.0 Å². The lowest BCUT2D eigenvalue weighted by atomic mass is 10.0. The zero-order chi connectivity index (χ0) is 15.6. The number of carbonyl (C=O) groups excluding carboxylic acids is 1. The molecule has 3 rings (SSSR count). The molecule has 0 aromatic heterocycles. The van der Waals surface area contributed by atoms with Crippen molar-refractivity contribution in [2.45, 2.75) is 62.3 Å². The van der Waals surface area contributed by atoms with Gasteiger partial charge in [0.15, 0.2) is 0 Å². The highest BCUT2D eigenvalue weighted by Gasteiger charge is 2.23. The third-order valence-corrected chi connectivity index (χ3v) is 5.98. The second kappa shape index (κ2) is 6.38. The summed E-state index contributed by atoms with van der Waals surface area (Å²) >= 11 is 0. The van der Waals surface area contributed by atoms with E-state index >= 15 is 0 Å². The van der Waals surface area contributed by atoms with Crippen molar-refractivity contribution in [1.82, 2.24) is 4.72 Å². The SMILES string of the molecule is O=C1CCc2cc(S(=O)(=O)NC3CCCCCC3)ccc2N1. The van der Waals surface area contributed by atoms with Crippen molar-refractivity contribution < 1.29 is 13.2 Å². The van der Waals surface area contributed by atoms with Gasteiger partial charge in [0.05, 0.1) is 4.90 Å². The van der Waals surface area contributed by atoms with E-state index in [-0.39, 0.29) is 11.9 Å². The maximum Gasteiger partial charge on any atom is 0.240 e. The molecule has 1 aromatic rings. The number of nitrogens with one attached hydrogen (secondary N) is 2. The second-order valence-corrected chi connectivity index (χ2v) is 7.89. The Kier molecular flexibility index (Phi) is 4.49. The van der Waals surface area contributed by atoms with E-state index in [2.05, 4.69) is 10.0 Å². The van der Waals surface area contributed by atoms with Crippen molar-refractivity contribution in [3.63, 3.8) is 0 Å². The molecule has 0 bridgehead atoms. The molecule has 120 valence electrons. The van der Waals surface area contributed by atoms with Gasteiger partial charge in [0, 0.05) is 18.2 Å². The van der Waals surface area contributed by atoms with E-state index in [9.17, 15) is 13.2 Å². The number of hydrogen-bond donors (Lipinski definition) is 2. The summed E-state index contributed by atoms with van der Waals surface area (Å²) in [5.74, 6) is -0.0142. The predicted octanol–water partition coefficient (Wildman–Crippen LogP) is 2.57. The smallest absolute Gasteiger partial charge is 0.240 e. The first-order chi connectivity index (χ1) is 10.5. The molecule has 0 radical (unpaired) electrons. The second-order valence-electron chi connectivity index (χ2n) is 6.18. The molecule has 0 unspecified atom stereocenters. The van der Waals surface area contributed by atoms with Crippen LogP contribution in [0.5, 0.6) is 0 Å². The molecule has 0 spiro atoms. The maximum absolute atomic E-state index is 12.6. The molecule has 22 heavy (non-hydrogen) atoms. The van der Waals surface area contributed by atoms with Crippen LogP contribution < -0.4 is 10.0 Å². The minimum absolute atomic E-state index is 0.0142.